The smallest absolute Gasteiger partial charge is 0.212 e. The van der Waals surface area contributed by atoms with Gasteiger partial charge >= 0.3 is 0 Å². The van der Waals surface area contributed by atoms with Crippen LogP contribution in [0.5, 0.6) is 5.88 Å². The molecule has 0 unspecified atom stereocenters. The molecule has 2 aromatic rings. The fourth-order valence-corrected chi connectivity index (χ4v) is 3.67. The van der Waals surface area contributed by atoms with Crippen LogP contribution in [0.4, 0.5) is 0 Å². The number of ketones is 1. The SMILES string of the molecule is COc1ccc(CC(=O)C(C)(C)S(=O)(=O)c2ccc(Cl)cc2)cn1. The zero-order chi connectivity index (χ0) is 18.0. The minimum atomic E-state index is -3.84. The second-order valence-corrected chi connectivity index (χ2v) is 8.71. The van der Waals surface area contributed by atoms with Crippen LogP contribution in [-0.4, -0.2) is 31.0 Å². The van der Waals surface area contributed by atoms with E-state index in [4.69, 9.17) is 16.3 Å². The second kappa shape index (κ2) is 6.91. The maximum absolute atomic E-state index is 12.8. The van der Waals surface area contributed by atoms with Crippen molar-refractivity contribution in [2.75, 3.05) is 7.11 Å². The Morgan fingerprint density at radius 3 is 2.29 bits per heavy atom. The Hall–Kier alpha value is -1.92. The third-order valence-corrected chi connectivity index (χ3v) is 6.55. The van der Waals surface area contributed by atoms with Gasteiger partial charge in [-0.05, 0) is 43.7 Å². The van der Waals surface area contributed by atoms with E-state index in [0.29, 0.717) is 16.5 Å². The number of sulfone groups is 1. The van der Waals surface area contributed by atoms with Gasteiger partial charge in [0, 0.05) is 23.7 Å². The molecule has 7 heteroatoms. The number of halogens is 1. The molecule has 2 rings (SSSR count). The highest BCUT2D eigenvalue weighted by Gasteiger charge is 2.42. The summed E-state index contributed by atoms with van der Waals surface area (Å²) in [4.78, 5) is 16.7. The molecule has 1 heterocycles. The molecule has 24 heavy (non-hydrogen) atoms. The van der Waals surface area contributed by atoms with Gasteiger partial charge in [0.25, 0.3) is 0 Å². The summed E-state index contributed by atoms with van der Waals surface area (Å²) in [6.45, 7) is 2.83. The van der Waals surface area contributed by atoms with Crippen LogP contribution in [0.25, 0.3) is 0 Å². The third-order valence-electron chi connectivity index (χ3n) is 3.84. The lowest BCUT2D eigenvalue weighted by atomic mass is 10.0. The van der Waals surface area contributed by atoms with E-state index >= 15 is 0 Å². The topological polar surface area (TPSA) is 73.3 Å². The van der Waals surface area contributed by atoms with Crippen molar-refractivity contribution >= 4 is 27.2 Å². The monoisotopic (exact) mass is 367 g/mol. The number of pyridine rings is 1. The van der Waals surface area contributed by atoms with E-state index in [1.807, 2.05) is 0 Å². The quantitative estimate of drug-likeness (QED) is 0.784. The lowest BCUT2D eigenvalue weighted by molar-refractivity contribution is -0.120. The average Bonchev–Trinajstić information content (AvgIpc) is 2.55. The minimum absolute atomic E-state index is 0.0309. The van der Waals surface area contributed by atoms with Crippen molar-refractivity contribution in [2.45, 2.75) is 29.9 Å². The van der Waals surface area contributed by atoms with Crippen molar-refractivity contribution in [1.82, 2.24) is 4.98 Å². The Balaban J connectivity index is 2.26. The Kier molecular flexibility index (Phi) is 5.30. The molecule has 1 aromatic heterocycles. The third kappa shape index (κ3) is 3.60. The van der Waals surface area contributed by atoms with E-state index < -0.39 is 20.4 Å². The fourth-order valence-electron chi connectivity index (χ4n) is 2.09. The van der Waals surface area contributed by atoms with Crippen LogP contribution in [-0.2, 0) is 21.1 Å². The number of aromatic nitrogens is 1. The molecule has 1 aromatic carbocycles. The zero-order valence-electron chi connectivity index (χ0n) is 13.6. The van der Waals surface area contributed by atoms with Crippen molar-refractivity contribution in [1.29, 1.82) is 0 Å². The highest BCUT2D eigenvalue weighted by atomic mass is 35.5. The minimum Gasteiger partial charge on any atom is -0.481 e. The van der Waals surface area contributed by atoms with E-state index in [9.17, 15) is 13.2 Å². The first kappa shape index (κ1) is 18.4. The Bertz CT molecular complexity index is 828. The van der Waals surface area contributed by atoms with Gasteiger partial charge in [-0.25, -0.2) is 13.4 Å². The molecular weight excluding hydrogens is 350 g/mol. The van der Waals surface area contributed by atoms with Crippen molar-refractivity contribution in [3.8, 4) is 5.88 Å². The van der Waals surface area contributed by atoms with Crippen LogP contribution in [0.15, 0.2) is 47.5 Å². The number of ether oxygens (including phenoxy) is 1. The number of carbonyl (C=O) groups excluding carboxylic acids is 1. The maximum Gasteiger partial charge on any atom is 0.212 e. The second-order valence-electron chi connectivity index (χ2n) is 5.78. The molecule has 0 saturated heterocycles. The number of Topliss-reactive ketones (excluding diaryl/α,β-unsaturated/α-hetero) is 1. The first-order valence-corrected chi connectivity index (χ1v) is 9.07. The number of rotatable bonds is 6. The molecule has 0 aliphatic carbocycles. The molecule has 0 bridgehead atoms. The van der Waals surface area contributed by atoms with E-state index in [1.54, 1.807) is 12.1 Å². The van der Waals surface area contributed by atoms with Crippen LogP contribution in [0.3, 0.4) is 0 Å². The first-order chi connectivity index (χ1) is 11.2. The van der Waals surface area contributed by atoms with Gasteiger partial charge in [-0.1, -0.05) is 17.7 Å². The molecule has 128 valence electrons. The summed E-state index contributed by atoms with van der Waals surface area (Å²) in [5.41, 5.74) is 0.625. The van der Waals surface area contributed by atoms with Crippen LogP contribution < -0.4 is 4.74 Å². The van der Waals surface area contributed by atoms with Crippen molar-refractivity contribution in [2.24, 2.45) is 0 Å². The van der Waals surface area contributed by atoms with Gasteiger partial charge in [0.05, 0.1) is 12.0 Å². The number of methoxy groups -OCH3 is 1. The highest BCUT2D eigenvalue weighted by molar-refractivity contribution is 7.93. The van der Waals surface area contributed by atoms with Crippen molar-refractivity contribution < 1.29 is 17.9 Å². The van der Waals surface area contributed by atoms with E-state index in [0.717, 1.165) is 0 Å². The summed E-state index contributed by atoms with van der Waals surface area (Å²) in [5.74, 6) is 0.0173. The number of carbonyl (C=O) groups is 1. The first-order valence-electron chi connectivity index (χ1n) is 7.21. The van der Waals surface area contributed by atoms with E-state index in [1.165, 1.54) is 51.4 Å². The van der Waals surface area contributed by atoms with Gasteiger partial charge < -0.3 is 4.74 Å². The summed E-state index contributed by atoms with van der Waals surface area (Å²) in [6, 6.07) is 9.10. The summed E-state index contributed by atoms with van der Waals surface area (Å²) in [5, 5.41) is 0.433. The molecule has 0 aliphatic heterocycles. The molecule has 5 nitrogen and oxygen atoms in total. The molecule has 0 amide bonds. The van der Waals surface area contributed by atoms with Gasteiger partial charge in [-0.15, -0.1) is 0 Å². The van der Waals surface area contributed by atoms with Crippen LogP contribution >= 0.6 is 11.6 Å². The van der Waals surface area contributed by atoms with E-state index in [2.05, 4.69) is 4.98 Å². The summed E-state index contributed by atoms with van der Waals surface area (Å²) in [6.07, 6.45) is 1.47. The van der Waals surface area contributed by atoms with Gasteiger partial charge in [0.2, 0.25) is 5.88 Å². The number of hydrogen-bond donors (Lipinski definition) is 0. The molecule has 0 N–H and O–H groups in total. The van der Waals surface area contributed by atoms with E-state index in [-0.39, 0.29) is 11.3 Å². The average molecular weight is 368 g/mol. The number of benzene rings is 1. The van der Waals surface area contributed by atoms with Crippen molar-refractivity contribution in [3.63, 3.8) is 0 Å². The molecule has 0 radical (unpaired) electrons. The zero-order valence-corrected chi connectivity index (χ0v) is 15.2. The Labute approximate surface area is 146 Å². The summed E-state index contributed by atoms with van der Waals surface area (Å²) < 4.78 is 29.0. The largest absolute Gasteiger partial charge is 0.481 e. The van der Waals surface area contributed by atoms with Gasteiger partial charge in [-0.3, -0.25) is 4.79 Å². The van der Waals surface area contributed by atoms with Gasteiger partial charge in [0.1, 0.15) is 4.75 Å². The Morgan fingerprint density at radius 2 is 1.79 bits per heavy atom. The highest BCUT2D eigenvalue weighted by Crippen LogP contribution is 2.28. The molecule has 0 aliphatic rings. The lowest BCUT2D eigenvalue weighted by Crippen LogP contribution is -2.41. The van der Waals surface area contributed by atoms with Crippen molar-refractivity contribution in [3.05, 3.63) is 53.2 Å². The summed E-state index contributed by atoms with van der Waals surface area (Å²) >= 11 is 5.79. The molecule has 0 atom stereocenters. The molecule has 0 fully saturated rings. The lowest BCUT2D eigenvalue weighted by Gasteiger charge is -2.23. The normalized spacial score (nSPS) is 12.0. The van der Waals surface area contributed by atoms with Crippen LogP contribution in [0.1, 0.15) is 19.4 Å². The number of nitrogens with zero attached hydrogens (tertiary/aromatic N) is 1. The fraction of sp³-hybridized carbons (Fsp3) is 0.294. The van der Waals surface area contributed by atoms with Gasteiger partial charge in [0.15, 0.2) is 15.6 Å². The molecule has 0 saturated carbocycles. The standard InChI is InChI=1S/C17H18ClNO4S/c1-17(2,24(21,22)14-7-5-13(18)6-8-14)15(20)10-12-4-9-16(23-3)19-11-12/h4-9,11H,10H2,1-3H3. The molecule has 0 spiro atoms. The maximum atomic E-state index is 12.8. The van der Waals surface area contributed by atoms with Crippen LogP contribution in [0.2, 0.25) is 5.02 Å². The predicted octanol–water partition coefficient (Wildman–Crippen LogP) is 3.11. The Morgan fingerprint density at radius 1 is 1.17 bits per heavy atom. The molecular formula is C17H18ClNO4S. The number of hydrogen-bond acceptors (Lipinski definition) is 5. The summed E-state index contributed by atoms with van der Waals surface area (Å²) in [7, 11) is -2.35. The van der Waals surface area contributed by atoms with Crippen LogP contribution in [0, 0.1) is 0 Å². The van der Waals surface area contributed by atoms with Gasteiger partial charge in [-0.2, -0.15) is 0 Å². The predicted molar refractivity (Wildman–Crippen MR) is 92.2 cm³/mol.